The maximum Gasteiger partial charge on any atom is 0.340 e. The zero-order chi connectivity index (χ0) is 23.3. The van der Waals surface area contributed by atoms with Crippen LogP contribution in [0.4, 0.5) is 0 Å². The van der Waals surface area contributed by atoms with Crippen molar-refractivity contribution in [2.45, 2.75) is 46.6 Å². The third kappa shape index (κ3) is 5.42. The van der Waals surface area contributed by atoms with E-state index in [4.69, 9.17) is 9.15 Å². The van der Waals surface area contributed by atoms with Gasteiger partial charge in [-0.3, -0.25) is 9.59 Å². The van der Waals surface area contributed by atoms with Gasteiger partial charge in [-0.1, -0.05) is 20.3 Å². The van der Waals surface area contributed by atoms with Gasteiger partial charge in [-0.05, 0) is 37.5 Å². The summed E-state index contributed by atoms with van der Waals surface area (Å²) >= 11 is 0. The number of hydrogen-bond donors (Lipinski definition) is 3. The molecule has 3 N–H and O–H groups in total. The molecule has 1 heterocycles. The number of aryl methyl sites for hydroxylation is 2. The maximum absolute atomic E-state index is 12.5. The minimum atomic E-state index is -1.13. The van der Waals surface area contributed by atoms with E-state index in [2.05, 4.69) is 10.6 Å². The molecular formula is C22H28N2O7. The zero-order valence-electron chi connectivity index (χ0n) is 18.3. The summed E-state index contributed by atoms with van der Waals surface area (Å²) in [7, 11) is 1.52. The Kier molecular flexibility index (Phi) is 7.79. The first-order chi connectivity index (χ1) is 14.6. The van der Waals surface area contributed by atoms with Gasteiger partial charge in [0, 0.05) is 10.9 Å². The Balaban J connectivity index is 2.11. The lowest BCUT2D eigenvalue weighted by atomic mass is 9.99. The van der Waals surface area contributed by atoms with Crippen molar-refractivity contribution in [2.75, 3.05) is 13.7 Å². The summed E-state index contributed by atoms with van der Waals surface area (Å²) in [4.78, 5) is 48.2. The number of hydrogen-bond acceptors (Lipinski definition) is 6. The zero-order valence-corrected chi connectivity index (χ0v) is 18.3. The van der Waals surface area contributed by atoms with Crippen LogP contribution in [0.5, 0.6) is 5.75 Å². The fourth-order valence-electron chi connectivity index (χ4n) is 3.31. The van der Waals surface area contributed by atoms with Gasteiger partial charge >= 0.3 is 11.6 Å². The molecule has 2 amide bonds. The lowest BCUT2D eigenvalue weighted by Crippen LogP contribution is -2.48. The lowest BCUT2D eigenvalue weighted by molar-refractivity contribution is -0.143. The van der Waals surface area contributed by atoms with Crippen LogP contribution in [-0.2, 0) is 20.8 Å². The number of carbonyl (C=O) groups is 3. The molecule has 1 aromatic carbocycles. The van der Waals surface area contributed by atoms with Gasteiger partial charge in [0.25, 0.3) is 0 Å². The van der Waals surface area contributed by atoms with E-state index in [-0.39, 0.29) is 17.9 Å². The Hall–Kier alpha value is -3.36. The number of rotatable bonds is 9. The van der Waals surface area contributed by atoms with E-state index >= 15 is 0 Å². The number of methoxy groups -OCH3 is 1. The molecule has 0 bridgehead atoms. The minimum Gasteiger partial charge on any atom is -0.496 e. The van der Waals surface area contributed by atoms with Crippen molar-refractivity contribution in [1.82, 2.24) is 10.6 Å². The highest BCUT2D eigenvalue weighted by atomic mass is 16.5. The molecule has 1 aromatic heterocycles. The number of nitrogens with one attached hydrogen (secondary N) is 2. The van der Waals surface area contributed by atoms with Crippen LogP contribution in [-0.4, -0.2) is 42.6 Å². The smallest absolute Gasteiger partial charge is 0.340 e. The van der Waals surface area contributed by atoms with Crippen molar-refractivity contribution in [1.29, 1.82) is 0 Å². The fraction of sp³-hybridized carbons (Fsp3) is 0.455. The van der Waals surface area contributed by atoms with Gasteiger partial charge in [0.05, 0.1) is 25.6 Å². The average molecular weight is 432 g/mol. The Morgan fingerprint density at radius 2 is 1.84 bits per heavy atom. The van der Waals surface area contributed by atoms with Crippen LogP contribution in [0.2, 0.25) is 0 Å². The standard InChI is InChI=1S/C22H28N2O7/c1-6-11(2)19(21(27)28)24-18(26)10-23-17(25)9-15-12(3)14-7-8-16(30-5)13(4)20(14)31-22(15)29/h7-8,11,19H,6,9-10H2,1-5H3,(H,23,25)(H,24,26)(H,27,28)/t11-,19+/m1/s1. The van der Waals surface area contributed by atoms with Gasteiger partial charge in [0.2, 0.25) is 11.8 Å². The highest BCUT2D eigenvalue weighted by molar-refractivity contribution is 5.90. The number of ether oxygens (including phenoxy) is 1. The van der Waals surface area contributed by atoms with E-state index in [1.165, 1.54) is 7.11 Å². The summed E-state index contributed by atoms with van der Waals surface area (Å²) in [5.74, 6) is -1.98. The van der Waals surface area contributed by atoms with E-state index < -0.39 is 36.0 Å². The van der Waals surface area contributed by atoms with E-state index in [1.54, 1.807) is 32.9 Å². The fourth-order valence-corrected chi connectivity index (χ4v) is 3.31. The molecular weight excluding hydrogens is 404 g/mol. The topological polar surface area (TPSA) is 135 Å². The van der Waals surface area contributed by atoms with Crippen molar-refractivity contribution >= 4 is 28.8 Å². The molecule has 9 heteroatoms. The Morgan fingerprint density at radius 1 is 1.16 bits per heavy atom. The van der Waals surface area contributed by atoms with Crippen LogP contribution in [0.25, 0.3) is 11.0 Å². The summed E-state index contributed by atoms with van der Waals surface area (Å²) in [6.45, 7) is 6.65. The molecule has 0 saturated heterocycles. The Labute approximate surface area is 179 Å². The maximum atomic E-state index is 12.5. The quantitative estimate of drug-likeness (QED) is 0.513. The van der Waals surface area contributed by atoms with Crippen LogP contribution in [0.3, 0.4) is 0 Å². The van der Waals surface area contributed by atoms with Crippen molar-refractivity contribution in [3.63, 3.8) is 0 Å². The van der Waals surface area contributed by atoms with Crippen LogP contribution in [0, 0.1) is 19.8 Å². The highest BCUT2D eigenvalue weighted by Gasteiger charge is 2.25. The van der Waals surface area contributed by atoms with Crippen molar-refractivity contribution in [3.05, 3.63) is 39.2 Å². The van der Waals surface area contributed by atoms with Gasteiger partial charge in [-0.15, -0.1) is 0 Å². The molecule has 0 radical (unpaired) electrons. The second-order valence-corrected chi connectivity index (χ2v) is 7.49. The first-order valence-electron chi connectivity index (χ1n) is 9.99. The van der Waals surface area contributed by atoms with Gasteiger partial charge in [-0.25, -0.2) is 9.59 Å². The molecule has 9 nitrogen and oxygen atoms in total. The number of carboxylic acid groups (broad SMARTS) is 1. The number of carbonyl (C=O) groups excluding carboxylic acids is 2. The van der Waals surface area contributed by atoms with Gasteiger partial charge in [0.1, 0.15) is 17.4 Å². The molecule has 0 unspecified atom stereocenters. The molecule has 2 rings (SSSR count). The van der Waals surface area contributed by atoms with E-state index in [1.807, 2.05) is 6.92 Å². The monoisotopic (exact) mass is 432 g/mol. The summed E-state index contributed by atoms with van der Waals surface area (Å²) < 4.78 is 10.7. The first kappa shape index (κ1) is 23.9. The molecule has 0 aliphatic rings. The molecule has 2 atom stereocenters. The largest absolute Gasteiger partial charge is 0.496 e. The molecule has 0 fully saturated rings. The molecule has 2 aromatic rings. The summed E-state index contributed by atoms with van der Waals surface area (Å²) in [6.07, 6.45) is 0.308. The Bertz CT molecular complexity index is 1060. The molecule has 0 aliphatic carbocycles. The number of fused-ring (bicyclic) bond motifs is 1. The van der Waals surface area contributed by atoms with Crippen LogP contribution in [0.15, 0.2) is 21.3 Å². The van der Waals surface area contributed by atoms with E-state index in [0.29, 0.717) is 34.3 Å². The third-order valence-electron chi connectivity index (χ3n) is 5.45. The molecule has 31 heavy (non-hydrogen) atoms. The van der Waals surface area contributed by atoms with E-state index in [0.717, 1.165) is 0 Å². The van der Waals surface area contributed by atoms with Crippen molar-refractivity contribution in [2.24, 2.45) is 5.92 Å². The van der Waals surface area contributed by atoms with Crippen molar-refractivity contribution < 1.29 is 28.6 Å². The number of benzene rings is 1. The molecule has 0 saturated carbocycles. The summed E-state index contributed by atoms with van der Waals surface area (Å²) in [6, 6.07) is 2.48. The van der Waals surface area contributed by atoms with Crippen LogP contribution >= 0.6 is 0 Å². The van der Waals surface area contributed by atoms with Gasteiger partial charge in [0.15, 0.2) is 0 Å². The Morgan fingerprint density at radius 3 is 2.42 bits per heavy atom. The minimum absolute atomic E-state index is 0.193. The predicted molar refractivity (Wildman–Crippen MR) is 114 cm³/mol. The molecule has 168 valence electrons. The van der Waals surface area contributed by atoms with Gasteiger partial charge in [-0.2, -0.15) is 0 Å². The summed E-state index contributed by atoms with van der Waals surface area (Å²) in [5.41, 5.74) is 1.25. The van der Waals surface area contributed by atoms with Crippen LogP contribution < -0.4 is 21.0 Å². The number of carboxylic acids is 1. The van der Waals surface area contributed by atoms with Crippen LogP contribution in [0.1, 0.15) is 37.0 Å². The average Bonchev–Trinajstić information content (AvgIpc) is 2.73. The van der Waals surface area contributed by atoms with Crippen molar-refractivity contribution in [3.8, 4) is 5.75 Å². The van der Waals surface area contributed by atoms with E-state index in [9.17, 15) is 24.3 Å². The lowest BCUT2D eigenvalue weighted by Gasteiger charge is -2.20. The predicted octanol–water partition coefficient (Wildman–Crippen LogP) is 1.69. The second-order valence-electron chi connectivity index (χ2n) is 7.49. The first-order valence-corrected chi connectivity index (χ1v) is 9.99. The molecule has 0 aliphatic heterocycles. The SMILES string of the molecule is CC[C@@H](C)[C@H](NC(=O)CNC(=O)Cc1c(C)c2ccc(OC)c(C)c2oc1=O)C(=O)O. The second kappa shape index (κ2) is 10.1. The normalized spacial score (nSPS) is 12.8. The highest BCUT2D eigenvalue weighted by Crippen LogP contribution is 2.29. The number of amides is 2. The summed E-state index contributed by atoms with van der Waals surface area (Å²) in [5, 5.41) is 14.8. The van der Waals surface area contributed by atoms with Gasteiger partial charge < -0.3 is 24.9 Å². The molecule has 0 spiro atoms. The third-order valence-corrected chi connectivity index (χ3v) is 5.45. The number of aliphatic carboxylic acids is 1.